The fraction of sp³-hybridized carbons (Fsp3) is 0.400. The molecule has 0 heterocycles. The van der Waals surface area contributed by atoms with Crippen molar-refractivity contribution < 1.29 is 9.53 Å². The van der Waals surface area contributed by atoms with Crippen LogP contribution in [0.2, 0.25) is 0 Å². The molecule has 0 saturated heterocycles. The van der Waals surface area contributed by atoms with Gasteiger partial charge in [-0.15, -0.1) is 6.58 Å². The first-order chi connectivity index (χ1) is 8.56. The van der Waals surface area contributed by atoms with E-state index < -0.39 is 5.54 Å². The predicted octanol–water partition coefficient (Wildman–Crippen LogP) is 3.02. The smallest absolute Gasteiger partial charge is 0.331 e. The number of esters is 1. The van der Waals surface area contributed by atoms with Gasteiger partial charge in [0.2, 0.25) is 0 Å². The molecule has 18 heavy (non-hydrogen) atoms. The van der Waals surface area contributed by atoms with Crippen LogP contribution in [0.1, 0.15) is 20.3 Å². The lowest BCUT2D eigenvalue weighted by atomic mass is 9.95. The fourth-order valence-electron chi connectivity index (χ4n) is 1.86. The normalized spacial score (nSPS) is 13.5. The standard InChI is InChI=1S/C15H21NO2/c1-5-12-15(3,14(17)18-6-2)16(4)13-10-8-7-9-11-13/h5,7-11H,1,6,12H2,2-4H3/t15-/m1/s1. The average Bonchev–Trinajstić information content (AvgIpc) is 2.39. The third-order valence-corrected chi connectivity index (χ3v) is 3.14. The maximum atomic E-state index is 12.2. The lowest BCUT2D eigenvalue weighted by Crippen LogP contribution is -2.51. The number of hydrogen-bond acceptors (Lipinski definition) is 3. The second-order valence-corrected chi connectivity index (χ2v) is 4.38. The molecule has 0 bridgehead atoms. The van der Waals surface area contributed by atoms with Crippen molar-refractivity contribution >= 4 is 11.7 Å². The first-order valence-corrected chi connectivity index (χ1v) is 6.13. The third kappa shape index (κ3) is 2.92. The molecule has 0 spiro atoms. The Bertz CT molecular complexity index is 402. The molecule has 0 unspecified atom stereocenters. The predicted molar refractivity (Wildman–Crippen MR) is 74.7 cm³/mol. The molecule has 0 N–H and O–H groups in total. The van der Waals surface area contributed by atoms with E-state index in [-0.39, 0.29) is 5.97 Å². The molecule has 0 fully saturated rings. The van der Waals surface area contributed by atoms with Gasteiger partial charge >= 0.3 is 5.97 Å². The van der Waals surface area contributed by atoms with Crippen LogP contribution in [0.4, 0.5) is 5.69 Å². The third-order valence-electron chi connectivity index (χ3n) is 3.14. The van der Waals surface area contributed by atoms with Crippen molar-refractivity contribution in [3.63, 3.8) is 0 Å². The summed E-state index contributed by atoms with van der Waals surface area (Å²) in [6, 6.07) is 9.80. The van der Waals surface area contributed by atoms with Gasteiger partial charge < -0.3 is 9.64 Å². The van der Waals surface area contributed by atoms with Crippen LogP contribution < -0.4 is 4.90 Å². The highest BCUT2D eigenvalue weighted by atomic mass is 16.5. The van der Waals surface area contributed by atoms with Gasteiger partial charge in [0.15, 0.2) is 0 Å². The zero-order chi connectivity index (χ0) is 13.6. The summed E-state index contributed by atoms with van der Waals surface area (Å²) in [6.07, 6.45) is 2.29. The highest BCUT2D eigenvalue weighted by molar-refractivity contribution is 5.85. The second kappa shape index (κ2) is 6.24. The maximum absolute atomic E-state index is 12.2. The van der Waals surface area contributed by atoms with Crippen molar-refractivity contribution in [1.82, 2.24) is 0 Å². The van der Waals surface area contributed by atoms with Gasteiger partial charge in [-0.3, -0.25) is 0 Å². The quantitative estimate of drug-likeness (QED) is 0.571. The van der Waals surface area contributed by atoms with Gasteiger partial charge in [-0.05, 0) is 32.4 Å². The number of para-hydroxylation sites is 1. The maximum Gasteiger partial charge on any atom is 0.331 e. The molecule has 0 aliphatic rings. The molecule has 0 radical (unpaired) electrons. The van der Waals surface area contributed by atoms with Crippen LogP contribution in [0, 0.1) is 0 Å². The highest BCUT2D eigenvalue weighted by Crippen LogP contribution is 2.26. The molecule has 0 aromatic heterocycles. The summed E-state index contributed by atoms with van der Waals surface area (Å²) in [5.74, 6) is -0.226. The number of carbonyl (C=O) groups is 1. The van der Waals surface area contributed by atoms with Crippen molar-refractivity contribution in [3.05, 3.63) is 43.0 Å². The van der Waals surface area contributed by atoms with Crippen LogP contribution in [0.5, 0.6) is 0 Å². The van der Waals surface area contributed by atoms with E-state index >= 15 is 0 Å². The van der Waals surface area contributed by atoms with Gasteiger partial charge in [-0.2, -0.15) is 0 Å². The van der Waals surface area contributed by atoms with Crippen molar-refractivity contribution in [2.45, 2.75) is 25.8 Å². The Labute approximate surface area is 109 Å². The summed E-state index contributed by atoms with van der Waals surface area (Å²) in [5, 5.41) is 0. The fourth-order valence-corrected chi connectivity index (χ4v) is 1.86. The molecule has 0 aliphatic carbocycles. The van der Waals surface area contributed by atoms with E-state index in [0.29, 0.717) is 13.0 Å². The number of nitrogens with zero attached hydrogens (tertiary/aromatic N) is 1. The number of carbonyl (C=O) groups excluding carboxylic acids is 1. The molecule has 0 aliphatic heterocycles. The van der Waals surface area contributed by atoms with E-state index in [4.69, 9.17) is 4.74 Å². The number of hydrogen-bond donors (Lipinski definition) is 0. The SMILES string of the molecule is C=CC[C@](C)(C(=O)OCC)N(C)c1ccccc1. The van der Waals surface area contributed by atoms with Crippen LogP contribution in [0.3, 0.4) is 0 Å². The minimum Gasteiger partial charge on any atom is -0.464 e. The number of benzene rings is 1. The summed E-state index contributed by atoms with van der Waals surface area (Å²) in [6.45, 7) is 7.80. The van der Waals surface area contributed by atoms with Crippen LogP contribution in [-0.4, -0.2) is 25.2 Å². The molecule has 3 heteroatoms. The molecular formula is C15H21NO2. The highest BCUT2D eigenvalue weighted by Gasteiger charge is 2.38. The zero-order valence-corrected chi connectivity index (χ0v) is 11.3. The Kier molecular flexibility index (Phi) is 4.95. The molecular weight excluding hydrogens is 226 g/mol. The van der Waals surface area contributed by atoms with Gasteiger partial charge in [0.1, 0.15) is 5.54 Å². The Morgan fingerprint density at radius 1 is 1.44 bits per heavy atom. The molecule has 98 valence electrons. The summed E-state index contributed by atoms with van der Waals surface area (Å²) >= 11 is 0. The van der Waals surface area contributed by atoms with E-state index in [1.165, 1.54) is 0 Å². The minimum atomic E-state index is -0.723. The Morgan fingerprint density at radius 2 is 2.06 bits per heavy atom. The molecule has 1 rings (SSSR count). The number of ether oxygens (including phenoxy) is 1. The monoisotopic (exact) mass is 247 g/mol. The van der Waals surface area contributed by atoms with Crippen molar-refractivity contribution in [1.29, 1.82) is 0 Å². The minimum absolute atomic E-state index is 0.226. The average molecular weight is 247 g/mol. The van der Waals surface area contributed by atoms with Crippen LogP contribution in [-0.2, 0) is 9.53 Å². The van der Waals surface area contributed by atoms with E-state index in [0.717, 1.165) is 5.69 Å². The van der Waals surface area contributed by atoms with E-state index in [2.05, 4.69) is 6.58 Å². The van der Waals surface area contributed by atoms with Crippen molar-refractivity contribution in [3.8, 4) is 0 Å². The lowest BCUT2D eigenvalue weighted by Gasteiger charge is -2.37. The topological polar surface area (TPSA) is 29.5 Å². The summed E-state index contributed by atoms with van der Waals surface area (Å²) in [7, 11) is 1.90. The van der Waals surface area contributed by atoms with Crippen LogP contribution >= 0.6 is 0 Å². The first kappa shape index (κ1) is 14.3. The lowest BCUT2D eigenvalue weighted by molar-refractivity contribution is -0.148. The van der Waals surface area contributed by atoms with Gasteiger partial charge in [0.25, 0.3) is 0 Å². The van der Waals surface area contributed by atoms with Crippen LogP contribution in [0.15, 0.2) is 43.0 Å². The summed E-state index contributed by atoms with van der Waals surface area (Å²) in [4.78, 5) is 14.1. The Balaban J connectivity index is 3.04. The van der Waals surface area contributed by atoms with Crippen molar-refractivity contribution in [2.75, 3.05) is 18.6 Å². The summed E-state index contributed by atoms with van der Waals surface area (Å²) < 4.78 is 5.17. The van der Waals surface area contributed by atoms with Gasteiger partial charge in [-0.1, -0.05) is 24.3 Å². The summed E-state index contributed by atoms with van der Waals surface area (Å²) in [5.41, 5.74) is 0.258. The molecule has 0 amide bonds. The molecule has 3 nitrogen and oxygen atoms in total. The molecule has 1 aromatic rings. The number of anilines is 1. The molecule has 0 saturated carbocycles. The first-order valence-electron chi connectivity index (χ1n) is 6.13. The zero-order valence-electron chi connectivity index (χ0n) is 11.3. The number of rotatable bonds is 6. The van der Waals surface area contributed by atoms with Gasteiger partial charge in [0.05, 0.1) is 6.61 Å². The van der Waals surface area contributed by atoms with Crippen LogP contribution in [0.25, 0.3) is 0 Å². The van der Waals surface area contributed by atoms with Crippen molar-refractivity contribution in [2.24, 2.45) is 0 Å². The van der Waals surface area contributed by atoms with Gasteiger partial charge in [-0.25, -0.2) is 4.79 Å². The van der Waals surface area contributed by atoms with E-state index in [1.807, 2.05) is 56.1 Å². The van der Waals surface area contributed by atoms with Gasteiger partial charge in [0, 0.05) is 12.7 Å². The Morgan fingerprint density at radius 3 is 2.56 bits per heavy atom. The second-order valence-electron chi connectivity index (χ2n) is 4.38. The number of likely N-dealkylation sites (N-methyl/N-ethyl adjacent to an activating group) is 1. The largest absolute Gasteiger partial charge is 0.464 e. The Hall–Kier alpha value is -1.77. The molecule has 1 atom stereocenters. The van der Waals surface area contributed by atoms with E-state index in [9.17, 15) is 4.79 Å². The molecule has 1 aromatic carbocycles. The van der Waals surface area contributed by atoms with E-state index in [1.54, 1.807) is 6.08 Å².